The molecule has 0 radical (unpaired) electrons. The maximum absolute atomic E-state index is 13.4. The zero-order valence-electron chi connectivity index (χ0n) is 17.2. The van der Waals surface area contributed by atoms with Crippen molar-refractivity contribution in [2.45, 2.75) is 12.8 Å². The summed E-state index contributed by atoms with van der Waals surface area (Å²) in [6.07, 6.45) is 2.37. The number of hydrogen-bond acceptors (Lipinski definition) is 3. The molecule has 0 saturated carbocycles. The first-order valence-electron chi connectivity index (χ1n) is 10.7. The van der Waals surface area contributed by atoms with Crippen LogP contribution in [0.15, 0.2) is 91.0 Å². The minimum absolute atomic E-state index is 0.176. The van der Waals surface area contributed by atoms with Crippen molar-refractivity contribution in [3.63, 3.8) is 0 Å². The topological polar surface area (TPSA) is 50.2 Å². The predicted octanol–water partition coefficient (Wildman–Crippen LogP) is 5.39. The van der Waals surface area contributed by atoms with Gasteiger partial charge in [0.05, 0.1) is 22.8 Å². The number of hydrogen-bond donors (Lipinski definition) is 1. The van der Waals surface area contributed by atoms with E-state index in [0.717, 1.165) is 41.4 Å². The van der Waals surface area contributed by atoms with E-state index in [1.807, 2.05) is 84.9 Å². The highest BCUT2D eigenvalue weighted by Gasteiger charge is 2.21. The van der Waals surface area contributed by atoms with Crippen LogP contribution >= 0.6 is 0 Å². The number of nitrogens with one attached hydrogen (secondary N) is 1. The molecule has 5 heteroatoms. The molecule has 0 aliphatic carbocycles. The van der Waals surface area contributed by atoms with E-state index in [0.29, 0.717) is 5.69 Å². The SMILES string of the molecule is O=C(Nc1ccccc1N1CCCC1)c1cc(-c2ccccc2)nn1-c1ccccc1. The second-order valence-corrected chi connectivity index (χ2v) is 7.69. The average Bonchev–Trinajstić information content (AvgIpc) is 3.51. The lowest BCUT2D eigenvalue weighted by Gasteiger charge is -2.21. The van der Waals surface area contributed by atoms with E-state index < -0.39 is 0 Å². The normalized spacial score (nSPS) is 13.4. The highest BCUT2D eigenvalue weighted by Crippen LogP contribution is 2.30. The number of nitrogens with zero attached hydrogens (tertiary/aromatic N) is 3. The van der Waals surface area contributed by atoms with Crippen LogP contribution < -0.4 is 10.2 Å². The van der Waals surface area contributed by atoms with Gasteiger partial charge < -0.3 is 10.2 Å². The Kier molecular flexibility index (Phi) is 5.23. The van der Waals surface area contributed by atoms with Crippen molar-refractivity contribution in [2.24, 2.45) is 0 Å². The highest BCUT2D eigenvalue weighted by atomic mass is 16.2. The van der Waals surface area contributed by atoms with Gasteiger partial charge in [0, 0.05) is 18.7 Å². The second kappa shape index (κ2) is 8.48. The molecule has 5 nitrogen and oxygen atoms in total. The standard InChI is InChI=1S/C26H24N4O/c31-26(27-22-15-7-8-16-24(22)29-17-9-10-18-29)25-19-23(20-11-3-1-4-12-20)28-30(25)21-13-5-2-6-14-21/h1-8,11-16,19H,9-10,17-18H2,(H,27,31). The second-order valence-electron chi connectivity index (χ2n) is 7.69. The van der Waals surface area contributed by atoms with Gasteiger partial charge in [-0.25, -0.2) is 4.68 Å². The van der Waals surface area contributed by atoms with E-state index in [2.05, 4.69) is 16.3 Å². The fourth-order valence-corrected chi connectivity index (χ4v) is 4.06. The smallest absolute Gasteiger partial charge is 0.274 e. The first kappa shape index (κ1) is 19.1. The highest BCUT2D eigenvalue weighted by molar-refractivity contribution is 6.05. The van der Waals surface area contributed by atoms with Crippen LogP contribution in [0.4, 0.5) is 11.4 Å². The van der Waals surface area contributed by atoms with Gasteiger partial charge in [0.25, 0.3) is 5.91 Å². The summed E-state index contributed by atoms with van der Waals surface area (Å²) in [7, 11) is 0. The van der Waals surface area contributed by atoms with Crippen LogP contribution in [0.1, 0.15) is 23.3 Å². The molecule has 1 aliphatic heterocycles. The Hall–Kier alpha value is -3.86. The van der Waals surface area contributed by atoms with Crippen molar-refractivity contribution in [1.82, 2.24) is 9.78 Å². The molecule has 1 aromatic heterocycles. The summed E-state index contributed by atoms with van der Waals surface area (Å²) in [5, 5.41) is 7.90. The van der Waals surface area contributed by atoms with Crippen LogP contribution in [0, 0.1) is 0 Å². The Morgan fingerprint density at radius 2 is 1.45 bits per heavy atom. The van der Waals surface area contributed by atoms with Gasteiger partial charge in [-0.3, -0.25) is 4.79 Å². The van der Waals surface area contributed by atoms with Gasteiger partial charge >= 0.3 is 0 Å². The van der Waals surface area contributed by atoms with Crippen LogP contribution in [-0.2, 0) is 0 Å². The maximum Gasteiger partial charge on any atom is 0.274 e. The molecule has 2 heterocycles. The van der Waals surface area contributed by atoms with Crippen LogP contribution in [0.25, 0.3) is 16.9 Å². The first-order valence-corrected chi connectivity index (χ1v) is 10.7. The fraction of sp³-hybridized carbons (Fsp3) is 0.154. The lowest BCUT2D eigenvalue weighted by molar-refractivity contribution is 0.101. The lowest BCUT2D eigenvalue weighted by atomic mass is 10.1. The Labute approximate surface area is 182 Å². The zero-order valence-corrected chi connectivity index (χ0v) is 17.2. The van der Waals surface area contributed by atoms with E-state index in [-0.39, 0.29) is 5.91 Å². The van der Waals surface area contributed by atoms with E-state index in [4.69, 9.17) is 5.10 Å². The third-order valence-electron chi connectivity index (χ3n) is 5.61. The maximum atomic E-state index is 13.4. The van der Waals surface area contributed by atoms with E-state index in [1.54, 1.807) is 4.68 Å². The number of amides is 1. The van der Waals surface area contributed by atoms with Crippen molar-refractivity contribution in [3.8, 4) is 16.9 Å². The summed E-state index contributed by atoms with van der Waals surface area (Å²) in [6, 6.07) is 29.6. The predicted molar refractivity (Wildman–Crippen MR) is 125 cm³/mol. The molecule has 5 rings (SSSR count). The quantitative estimate of drug-likeness (QED) is 0.482. The van der Waals surface area contributed by atoms with Crippen molar-refractivity contribution in [2.75, 3.05) is 23.3 Å². The van der Waals surface area contributed by atoms with Crippen LogP contribution in [0.5, 0.6) is 0 Å². The monoisotopic (exact) mass is 408 g/mol. The number of rotatable bonds is 5. The third kappa shape index (κ3) is 3.94. The Bertz CT molecular complexity index is 1180. The number of carbonyl (C=O) groups is 1. The Balaban J connectivity index is 1.52. The fourth-order valence-electron chi connectivity index (χ4n) is 4.06. The number of para-hydroxylation sites is 3. The molecule has 0 unspecified atom stereocenters. The Morgan fingerprint density at radius 1 is 0.806 bits per heavy atom. The number of aromatic nitrogens is 2. The van der Waals surface area contributed by atoms with Crippen molar-refractivity contribution in [1.29, 1.82) is 0 Å². The number of benzene rings is 3. The van der Waals surface area contributed by atoms with Crippen molar-refractivity contribution >= 4 is 17.3 Å². The lowest BCUT2D eigenvalue weighted by Crippen LogP contribution is -2.22. The molecule has 1 saturated heterocycles. The van der Waals surface area contributed by atoms with Gasteiger partial charge in [0.1, 0.15) is 5.69 Å². The summed E-state index contributed by atoms with van der Waals surface area (Å²) in [5.74, 6) is -0.176. The third-order valence-corrected chi connectivity index (χ3v) is 5.61. The van der Waals surface area contributed by atoms with Crippen LogP contribution in [0.2, 0.25) is 0 Å². The van der Waals surface area contributed by atoms with Gasteiger partial charge in [0.15, 0.2) is 0 Å². The molecule has 3 aromatic carbocycles. The molecule has 4 aromatic rings. The first-order chi connectivity index (χ1) is 15.3. The van der Waals surface area contributed by atoms with E-state index >= 15 is 0 Å². The molecule has 1 amide bonds. The van der Waals surface area contributed by atoms with Gasteiger partial charge in [-0.2, -0.15) is 5.10 Å². The molecule has 1 N–H and O–H groups in total. The largest absolute Gasteiger partial charge is 0.370 e. The zero-order chi connectivity index (χ0) is 21.0. The van der Waals surface area contributed by atoms with Gasteiger partial charge in [0.2, 0.25) is 0 Å². The van der Waals surface area contributed by atoms with Gasteiger partial charge in [-0.15, -0.1) is 0 Å². The molecular formula is C26H24N4O. The Morgan fingerprint density at radius 3 is 2.19 bits per heavy atom. The number of anilines is 2. The van der Waals surface area contributed by atoms with Crippen molar-refractivity contribution in [3.05, 3.63) is 96.7 Å². The molecule has 0 bridgehead atoms. The average molecular weight is 409 g/mol. The minimum atomic E-state index is -0.176. The minimum Gasteiger partial charge on any atom is -0.370 e. The molecule has 154 valence electrons. The molecule has 0 atom stereocenters. The van der Waals surface area contributed by atoms with Crippen LogP contribution in [0.3, 0.4) is 0 Å². The van der Waals surface area contributed by atoms with E-state index in [1.165, 1.54) is 12.8 Å². The number of carbonyl (C=O) groups excluding carboxylic acids is 1. The molecule has 0 spiro atoms. The van der Waals surface area contributed by atoms with Gasteiger partial charge in [-0.1, -0.05) is 60.7 Å². The van der Waals surface area contributed by atoms with E-state index in [9.17, 15) is 4.79 Å². The molecule has 1 fully saturated rings. The molecule has 1 aliphatic rings. The summed E-state index contributed by atoms with van der Waals surface area (Å²) < 4.78 is 1.72. The van der Waals surface area contributed by atoms with Crippen LogP contribution in [-0.4, -0.2) is 28.8 Å². The molecular weight excluding hydrogens is 384 g/mol. The summed E-state index contributed by atoms with van der Waals surface area (Å²) in [5.41, 5.74) is 4.99. The summed E-state index contributed by atoms with van der Waals surface area (Å²) in [6.45, 7) is 2.04. The summed E-state index contributed by atoms with van der Waals surface area (Å²) >= 11 is 0. The molecule has 31 heavy (non-hydrogen) atoms. The van der Waals surface area contributed by atoms with Gasteiger partial charge in [-0.05, 0) is 43.2 Å². The summed E-state index contributed by atoms with van der Waals surface area (Å²) in [4.78, 5) is 15.8. The van der Waals surface area contributed by atoms with Crippen molar-refractivity contribution < 1.29 is 4.79 Å².